The normalized spacial score (nSPS) is 19.4. The number of likely N-dealkylation sites (tertiary alicyclic amines) is 1. The molecule has 0 aliphatic carbocycles. The van der Waals surface area contributed by atoms with Gasteiger partial charge in [-0.3, -0.25) is 19.3 Å². The van der Waals surface area contributed by atoms with E-state index in [9.17, 15) is 24.3 Å². The molecule has 0 saturated carbocycles. The van der Waals surface area contributed by atoms with Crippen LogP contribution in [0.4, 0.5) is 4.79 Å². The van der Waals surface area contributed by atoms with Crippen LogP contribution in [0.15, 0.2) is 54.6 Å². The number of carbonyl (C=O) groups is 4. The number of amides is 3. The quantitative estimate of drug-likeness (QED) is 0.606. The van der Waals surface area contributed by atoms with Gasteiger partial charge in [-0.15, -0.1) is 0 Å². The van der Waals surface area contributed by atoms with Gasteiger partial charge in [-0.2, -0.15) is 0 Å². The highest BCUT2D eigenvalue weighted by molar-refractivity contribution is 5.92. The van der Waals surface area contributed by atoms with Crippen LogP contribution in [0.25, 0.3) is 0 Å². The van der Waals surface area contributed by atoms with Gasteiger partial charge in [0.25, 0.3) is 0 Å². The number of fused-ring (bicyclic) bond motifs is 1. The predicted molar refractivity (Wildman–Crippen MR) is 145 cm³/mol. The molecule has 2 atom stereocenters. The van der Waals surface area contributed by atoms with E-state index >= 15 is 0 Å². The summed E-state index contributed by atoms with van der Waals surface area (Å²) < 4.78 is 5.65. The molecule has 0 radical (unpaired) electrons. The van der Waals surface area contributed by atoms with Crippen molar-refractivity contribution in [1.82, 2.24) is 15.1 Å². The third-order valence-electron chi connectivity index (χ3n) is 7.57. The number of carbonyl (C=O) groups excluding carboxylic acids is 3. The second-order valence-corrected chi connectivity index (χ2v) is 11.4. The van der Waals surface area contributed by atoms with Gasteiger partial charge in [0.1, 0.15) is 17.7 Å². The van der Waals surface area contributed by atoms with Crippen molar-refractivity contribution in [3.63, 3.8) is 0 Å². The molecule has 2 N–H and O–H groups in total. The first-order valence-corrected chi connectivity index (χ1v) is 13.4. The predicted octanol–water partition coefficient (Wildman–Crippen LogP) is 3.50. The molecule has 2 aromatic rings. The molecule has 4 rings (SSSR count). The minimum Gasteiger partial charge on any atom is -0.480 e. The third-order valence-corrected chi connectivity index (χ3v) is 7.57. The summed E-state index contributed by atoms with van der Waals surface area (Å²) in [5.41, 5.74) is 1.12. The summed E-state index contributed by atoms with van der Waals surface area (Å²) >= 11 is 0. The SMILES string of the molecule is C[C@@H](NC(=O)C1(c2ccccc2)CCN(C(=O)[C@@H]2Cc3ccccc3CN2C(=O)OC(C)(C)C)CC1)C(=O)O. The average Bonchev–Trinajstić information content (AvgIpc) is 2.91. The Morgan fingerprint density at radius 2 is 1.56 bits per heavy atom. The zero-order chi connectivity index (χ0) is 28.4. The first kappa shape index (κ1) is 28.1. The molecule has 2 aromatic carbocycles. The van der Waals surface area contributed by atoms with Gasteiger partial charge in [0, 0.05) is 19.5 Å². The lowest BCUT2D eigenvalue weighted by Crippen LogP contribution is -2.59. The number of piperidine rings is 1. The van der Waals surface area contributed by atoms with Crippen molar-refractivity contribution in [2.45, 2.75) is 76.6 Å². The van der Waals surface area contributed by atoms with Crippen LogP contribution in [0.1, 0.15) is 57.2 Å². The number of ether oxygens (including phenoxy) is 1. The number of hydrogen-bond donors (Lipinski definition) is 2. The molecule has 9 heteroatoms. The Balaban J connectivity index is 1.57. The minimum absolute atomic E-state index is 0.184. The van der Waals surface area contributed by atoms with Crippen molar-refractivity contribution in [1.29, 1.82) is 0 Å². The summed E-state index contributed by atoms with van der Waals surface area (Å²) in [6.07, 6.45) is 0.506. The van der Waals surface area contributed by atoms with E-state index in [-0.39, 0.29) is 18.4 Å². The summed E-state index contributed by atoms with van der Waals surface area (Å²) in [5.74, 6) is -1.66. The second kappa shape index (κ2) is 11.1. The van der Waals surface area contributed by atoms with Crippen LogP contribution in [0.5, 0.6) is 0 Å². The second-order valence-electron chi connectivity index (χ2n) is 11.4. The summed E-state index contributed by atoms with van der Waals surface area (Å²) in [6, 6.07) is 15.3. The van der Waals surface area contributed by atoms with Gasteiger partial charge in [-0.1, -0.05) is 54.6 Å². The maximum Gasteiger partial charge on any atom is 0.411 e. The number of carboxylic acids is 1. The Bertz CT molecular complexity index is 1230. The number of carboxylic acid groups (broad SMARTS) is 1. The third kappa shape index (κ3) is 6.08. The first-order valence-electron chi connectivity index (χ1n) is 13.4. The van der Waals surface area contributed by atoms with Crippen LogP contribution in [-0.2, 0) is 37.5 Å². The lowest BCUT2D eigenvalue weighted by Gasteiger charge is -2.44. The van der Waals surface area contributed by atoms with Crippen molar-refractivity contribution in [2.75, 3.05) is 13.1 Å². The molecule has 39 heavy (non-hydrogen) atoms. The summed E-state index contributed by atoms with van der Waals surface area (Å²) in [7, 11) is 0. The number of rotatable bonds is 5. The lowest BCUT2D eigenvalue weighted by atomic mass is 9.71. The molecule has 9 nitrogen and oxygen atoms in total. The molecule has 2 aliphatic heterocycles. The van der Waals surface area contributed by atoms with Crippen LogP contribution in [0.2, 0.25) is 0 Å². The van der Waals surface area contributed by atoms with E-state index in [1.807, 2.05) is 54.6 Å². The Labute approximate surface area is 229 Å². The van der Waals surface area contributed by atoms with E-state index in [0.29, 0.717) is 32.4 Å². The number of nitrogens with zero attached hydrogens (tertiary/aromatic N) is 2. The molecule has 1 saturated heterocycles. The van der Waals surface area contributed by atoms with Crippen LogP contribution in [0, 0.1) is 0 Å². The molecule has 2 aliphatic rings. The van der Waals surface area contributed by atoms with Gasteiger partial charge in [0.2, 0.25) is 11.8 Å². The van der Waals surface area contributed by atoms with Gasteiger partial charge < -0.3 is 20.1 Å². The van der Waals surface area contributed by atoms with Crippen molar-refractivity contribution in [3.8, 4) is 0 Å². The van der Waals surface area contributed by atoms with Crippen LogP contribution in [-0.4, -0.2) is 69.6 Å². The Hall–Kier alpha value is -3.88. The number of benzene rings is 2. The van der Waals surface area contributed by atoms with Crippen LogP contribution < -0.4 is 5.32 Å². The Morgan fingerprint density at radius 1 is 0.974 bits per heavy atom. The molecule has 0 bridgehead atoms. The zero-order valence-electron chi connectivity index (χ0n) is 23.0. The maximum atomic E-state index is 13.9. The number of nitrogens with one attached hydrogen (secondary N) is 1. The lowest BCUT2D eigenvalue weighted by molar-refractivity contribution is -0.144. The topological polar surface area (TPSA) is 116 Å². The van der Waals surface area contributed by atoms with E-state index in [1.54, 1.807) is 25.7 Å². The van der Waals surface area contributed by atoms with Gasteiger partial charge in [0.05, 0.1) is 12.0 Å². The fourth-order valence-electron chi connectivity index (χ4n) is 5.38. The highest BCUT2D eigenvalue weighted by atomic mass is 16.6. The van der Waals surface area contributed by atoms with Crippen molar-refractivity contribution in [2.24, 2.45) is 0 Å². The highest BCUT2D eigenvalue weighted by Gasteiger charge is 2.46. The Morgan fingerprint density at radius 3 is 2.15 bits per heavy atom. The van der Waals surface area contributed by atoms with Gasteiger partial charge in [-0.05, 0) is 57.2 Å². The molecule has 2 heterocycles. The van der Waals surface area contributed by atoms with E-state index in [4.69, 9.17) is 4.74 Å². The smallest absolute Gasteiger partial charge is 0.411 e. The van der Waals surface area contributed by atoms with E-state index in [0.717, 1.165) is 16.7 Å². The number of hydrogen-bond acceptors (Lipinski definition) is 5. The van der Waals surface area contributed by atoms with E-state index in [2.05, 4.69) is 5.32 Å². The van der Waals surface area contributed by atoms with E-state index in [1.165, 1.54) is 11.8 Å². The first-order chi connectivity index (χ1) is 18.4. The summed E-state index contributed by atoms with van der Waals surface area (Å²) in [4.78, 5) is 55.2. The molecule has 0 unspecified atom stereocenters. The highest BCUT2D eigenvalue weighted by Crippen LogP contribution is 2.37. The summed E-state index contributed by atoms with van der Waals surface area (Å²) in [6.45, 7) is 7.69. The van der Waals surface area contributed by atoms with Crippen LogP contribution >= 0.6 is 0 Å². The molecule has 3 amide bonds. The van der Waals surface area contributed by atoms with Crippen molar-refractivity contribution < 1.29 is 29.0 Å². The number of aliphatic carboxylic acids is 1. The van der Waals surface area contributed by atoms with Crippen molar-refractivity contribution in [3.05, 3.63) is 71.3 Å². The molecule has 208 valence electrons. The van der Waals surface area contributed by atoms with Gasteiger partial charge in [-0.25, -0.2) is 4.79 Å². The monoisotopic (exact) mass is 535 g/mol. The van der Waals surface area contributed by atoms with Gasteiger partial charge in [0.15, 0.2) is 0 Å². The average molecular weight is 536 g/mol. The maximum absolute atomic E-state index is 13.9. The van der Waals surface area contributed by atoms with Gasteiger partial charge >= 0.3 is 12.1 Å². The molecule has 1 fully saturated rings. The zero-order valence-corrected chi connectivity index (χ0v) is 23.0. The Kier molecular flexibility index (Phi) is 7.99. The molecule has 0 aromatic heterocycles. The fraction of sp³-hybridized carbons (Fsp3) is 0.467. The van der Waals surface area contributed by atoms with E-state index < -0.39 is 35.2 Å². The standard InChI is InChI=1S/C30H37N3O6/c1-20(26(35)36)31-27(37)30(23-12-6-5-7-13-23)14-16-32(17-15-30)25(34)24-18-21-10-8-9-11-22(21)19-33(24)28(38)39-29(2,3)4/h5-13,20,24H,14-19H2,1-4H3,(H,31,37)(H,35,36)/t20-,24+/m1/s1. The fourth-order valence-corrected chi connectivity index (χ4v) is 5.38. The summed E-state index contributed by atoms with van der Waals surface area (Å²) in [5, 5.41) is 12.0. The minimum atomic E-state index is -1.11. The largest absolute Gasteiger partial charge is 0.480 e. The van der Waals surface area contributed by atoms with Crippen LogP contribution in [0.3, 0.4) is 0 Å². The van der Waals surface area contributed by atoms with Crippen molar-refractivity contribution >= 4 is 23.9 Å². The molecule has 0 spiro atoms. The molecular weight excluding hydrogens is 498 g/mol. The molecular formula is C30H37N3O6.